The molecule has 0 fully saturated rings. The lowest BCUT2D eigenvalue weighted by atomic mass is 10.1. The summed E-state index contributed by atoms with van der Waals surface area (Å²) < 4.78 is 1.78. The molecule has 17 heavy (non-hydrogen) atoms. The maximum absolute atomic E-state index is 4.50. The molecule has 0 bridgehead atoms. The molecule has 4 nitrogen and oxygen atoms in total. The van der Waals surface area contributed by atoms with Crippen molar-refractivity contribution < 1.29 is 0 Å². The Labute approximate surface area is 102 Å². The number of aromatic nitrogens is 4. The van der Waals surface area contributed by atoms with Crippen LogP contribution in [-0.4, -0.2) is 19.6 Å². The van der Waals surface area contributed by atoms with Crippen molar-refractivity contribution in [2.24, 2.45) is 0 Å². The molecule has 0 aliphatic heterocycles. The van der Waals surface area contributed by atoms with Gasteiger partial charge in [0, 0.05) is 4.88 Å². The second kappa shape index (κ2) is 3.50. The number of aryl methyl sites for hydroxylation is 2. The molecule has 0 saturated heterocycles. The van der Waals surface area contributed by atoms with E-state index >= 15 is 0 Å². The number of fused-ring (bicyclic) bond motifs is 5. The molecule has 86 valence electrons. The molecule has 3 heterocycles. The monoisotopic (exact) mass is 244 g/mol. The third kappa shape index (κ3) is 1.32. The summed E-state index contributed by atoms with van der Waals surface area (Å²) in [6, 6.07) is 0. The lowest BCUT2D eigenvalue weighted by Gasteiger charge is -1.98. The Bertz CT molecular complexity index is 697. The highest BCUT2D eigenvalue weighted by molar-refractivity contribution is 7.19. The Morgan fingerprint density at radius 3 is 3.06 bits per heavy atom. The van der Waals surface area contributed by atoms with Gasteiger partial charge in [0.2, 0.25) is 0 Å². The molecule has 0 amide bonds. The average Bonchev–Trinajstić information content (AvgIpc) is 2.87. The molecule has 0 spiro atoms. The van der Waals surface area contributed by atoms with Crippen molar-refractivity contribution in [3.8, 4) is 0 Å². The van der Waals surface area contributed by atoms with Crippen LogP contribution in [0.3, 0.4) is 0 Å². The standard InChI is InChI=1S/C12H12N4S/c1-2-4-8-9(5-3-1)17-12-10(8)11-13-6-15-16(11)7-14-12/h6-7H,1-5H2. The number of nitrogens with zero attached hydrogens (tertiary/aromatic N) is 4. The summed E-state index contributed by atoms with van der Waals surface area (Å²) in [5.74, 6) is 0. The molecule has 1 aliphatic carbocycles. The van der Waals surface area contributed by atoms with Crippen molar-refractivity contribution in [2.45, 2.75) is 32.1 Å². The summed E-state index contributed by atoms with van der Waals surface area (Å²) in [5.41, 5.74) is 2.45. The van der Waals surface area contributed by atoms with E-state index in [1.165, 1.54) is 47.9 Å². The van der Waals surface area contributed by atoms with Crippen LogP contribution < -0.4 is 0 Å². The minimum absolute atomic E-state index is 0.967. The van der Waals surface area contributed by atoms with E-state index in [9.17, 15) is 0 Å². The average molecular weight is 244 g/mol. The van der Waals surface area contributed by atoms with Gasteiger partial charge in [-0.15, -0.1) is 11.3 Å². The van der Waals surface area contributed by atoms with E-state index in [1.54, 1.807) is 17.2 Å². The van der Waals surface area contributed by atoms with Crippen LogP contribution in [0.4, 0.5) is 0 Å². The van der Waals surface area contributed by atoms with Gasteiger partial charge in [-0.2, -0.15) is 5.10 Å². The number of rotatable bonds is 0. The molecule has 4 rings (SSSR count). The lowest BCUT2D eigenvalue weighted by Crippen LogP contribution is -1.91. The van der Waals surface area contributed by atoms with Crippen molar-refractivity contribution in [1.82, 2.24) is 19.6 Å². The third-order valence-corrected chi connectivity index (χ3v) is 4.68. The topological polar surface area (TPSA) is 43.1 Å². The highest BCUT2D eigenvalue weighted by Crippen LogP contribution is 2.35. The lowest BCUT2D eigenvalue weighted by molar-refractivity contribution is 0.713. The highest BCUT2D eigenvalue weighted by atomic mass is 32.1. The molecule has 0 saturated carbocycles. The molecule has 0 unspecified atom stereocenters. The molecule has 1 aliphatic rings. The van der Waals surface area contributed by atoms with E-state index < -0.39 is 0 Å². The summed E-state index contributed by atoms with van der Waals surface area (Å²) >= 11 is 1.84. The Hall–Kier alpha value is -1.49. The van der Waals surface area contributed by atoms with Gasteiger partial charge in [-0.1, -0.05) is 6.42 Å². The molecular weight excluding hydrogens is 232 g/mol. The predicted octanol–water partition coefficient (Wildman–Crippen LogP) is 2.61. The Balaban J connectivity index is 2.13. The first kappa shape index (κ1) is 9.53. The van der Waals surface area contributed by atoms with Crippen LogP contribution in [0, 0.1) is 0 Å². The van der Waals surface area contributed by atoms with E-state index in [4.69, 9.17) is 0 Å². The van der Waals surface area contributed by atoms with E-state index in [-0.39, 0.29) is 0 Å². The molecular formula is C12H12N4S. The third-order valence-electron chi connectivity index (χ3n) is 3.48. The molecule has 3 aromatic heterocycles. The minimum Gasteiger partial charge on any atom is -0.225 e. The maximum Gasteiger partial charge on any atom is 0.167 e. The van der Waals surface area contributed by atoms with Crippen molar-refractivity contribution in [3.05, 3.63) is 23.1 Å². The van der Waals surface area contributed by atoms with Gasteiger partial charge in [0.25, 0.3) is 0 Å². The van der Waals surface area contributed by atoms with Crippen LogP contribution in [-0.2, 0) is 12.8 Å². The van der Waals surface area contributed by atoms with Gasteiger partial charge < -0.3 is 0 Å². The zero-order chi connectivity index (χ0) is 11.2. The largest absolute Gasteiger partial charge is 0.225 e. The van der Waals surface area contributed by atoms with Crippen molar-refractivity contribution in [1.29, 1.82) is 0 Å². The molecule has 5 heteroatoms. The Morgan fingerprint density at radius 1 is 1.12 bits per heavy atom. The zero-order valence-corrected chi connectivity index (χ0v) is 10.2. The molecule has 0 N–H and O–H groups in total. The van der Waals surface area contributed by atoms with Gasteiger partial charge in [-0.25, -0.2) is 14.5 Å². The highest BCUT2D eigenvalue weighted by Gasteiger charge is 2.18. The zero-order valence-electron chi connectivity index (χ0n) is 9.39. The summed E-state index contributed by atoms with van der Waals surface area (Å²) in [5, 5.41) is 5.41. The van der Waals surface area contributed by atoms with Crippen molar-refractivity contribution in [3.63, 3.8) is 0 Å². The van der Waals surface area contributed by atoms with Crippen LogP contribution in [0.15, 0.2) is 12.7 Å². The SMILES string of the molecule is c1nc2c3c4c(sc3ncn2n1)CCCCC4. The molecule has 3 aromatic rings. The van der Waals surface area contributed by atoms with Gasteiger partial charge in [0.05, 0.1) is 5.39 Å². The van der Waals surface area contributed by atoms with Crippen LogP contribution in [0.1, 0.15) is 29.7 Å². The van der Waals surface area contributed by atoms with E-state index in [0.717, 1.165) is 10.5 Å². The number of hydrogen-bond donors (Lipinski definition) is 0. The normalized spacial score (nSPS) is 16.2. The van der Waals surface area contributed by atoms with Crippen LogP contribution >= 0.6 is 11.3 Å². The van der Waals surface area contributed by atoms with Crippen molar-refractivity contribution in [2.75, 3.05) is 0 Å². The summed E-state index contributed by atoms with van der Waals surface area (Å²) in [6.07, 6.45) is 9.68. The van der Waals surface area contributed by atoms with Gasteiger partial charge >= 0.3 is 0 Å². The molecule has 0 atom stereocenters. The number of hydrogen-bond acceptors (Lipinski definition) is 4. The van der Waals surface area contributed by atoms with Gasteiger partial charge in [0.15, 0.2) is 5.65 Å². The summed E-state index contributed by atoms with van der Waals surface area (Å²) in [4.78, 5) is 11.5. The van der Waals surface area contributed by atoms with Gasteiger partial charge in [0.1, 0.15) is 17.5 Å². The number of thiophene rings is 1. The van der Waals surface area contributed by atoms with Gasteiger partial charge in [-0.05, 0) is 31.2 Å². The van der Waals surface area contributed by atoms with Gasteiger partial charge in [-0.3, -0.25) is 0 Å². The Kier molecular flexibility index (Phi) is 1.96. The second-order valence-electron chi connectivity index (χ2n) is 4.52. The fourth-order valence-corrected chi connectivity index (χ4v) is 3.89. The predicted molar refractivity (Wildman–Crippen MR) is 67.4 cm³/mol. The Morgan fingerprint density at radius 2 is 2.06 bits per heavy atom. The first-order valence-corrected chi connectivity index (χ1v) is 6.84. The van der Waals surface area contributed by atoms with Crippen LogP contribution in [0.5, 0.6) is 0 Å². The molecule has 0 radical (unpaired) electrons. The van der Waals surface area contributed by atoms with E-state index in [1.807, 2.05) is 11.3 Å². The fourth-order valence-electron chi connectivity index (χ4n) is 2.67. The first-order chi connectivity index (χ1) is 8.43. The van der Waals surface area contributed by atoms with Crippen LogP contribution in [0.2, 0.25) is 0 Å². The van der Waals surface area contributed by atoms with Crippen molar-refractivity contribution >= 4 is 27.2 Å². The molecule has 0 aromatic carbocycles. The first-order valence-electron chi connectivity index (χ1n) is 6.02. The quantitative estimate of drug-likeness (QED) is 0.571. The second-order valence-corrected chi connectivity index (χ2v) is 5.60. The summed E-state index contributed by atoms with van der Waals surface area (Å²) in [7, 11) is 0. The fraction of sp³-hybridized carbons (Fsp3) is 0.417. The smallest absolute Gasteiger partial charge is 0.167 e. The van der Waals surface area contributed by atoms with E-state index in [0.29, 0.717) is 0 Å². The maximum atomic E-state index is 4.50. The minimum atomic E-state index is 0.967. The van der Waals surface area contributed by atoms with E-state index in [2.05, 4.69) is 15.1 Å². The summed E-state index contributed by atoms with van der Waals surface area (Å²) in [6.45, 7) is 0. The van der Waals surface area contributed by atoms with Crippen LogP contribution in [0.25, 0.3) is 15.9 Å².